The Hall–Kier alpha value is -0.610. The molecule has 0 aromatic carbocycles. The van der Waals surface area contributed by atoms with Gasteiger partial charge in [-0.15, -0.1) is 0 Å². The van der Waals surface area contributed by atoms with Crippen LogP contribution in [0.5, 0.6) is 0 Å². The summed E-state index contributed by atoms with van der Waals surface area (Å²) >= 11 is 0. The first kappa shape index (κ1) is 13.8. The smallest absolute Gasteiger partial charge is 0.237 e. The number of carbonyl (C=O) groups excluding carboxylic acids is 1. The lowest BCUT2D eigenvalue weighted by Crippen LogP contribution is -2.52. The molecule has 3 unspecified atom stereocenters. The van der Waals surface area contributed by atoms with Gasteiger partial charge in [0, 0.05) is 12.1 Å². The number of piperidine rings is 1. The number of likely N-dealkylation sites (tertiary alicyclic amines) is 1. The highest BCUT2D eigenvalue weighted by atomic mass is 16.3. The average molecular weight is 254 g/mol. The number of hydrogen-bond donors (Lipinski definition) is 2. The van der Waals surface area contributed by atoms with E-state index >= 15 is 0 Å². The van der Waals surface area contributed by atoms with Crippen LogP contribution in [0, 0.1) is 0 Å². The molecular weight excluding hydrogens is 228 g/mol. The molecule has 18 heavy (non-hydrogen) atoms. The van der Waals surface area contributed by atoms with Gasteiger partial charge in [0.15, 0.2) is 0 Å². The first-order chi connectivity index (χ1) is 8.58. The Morgan fingerprint density at radius 1 is 1.33 bits per heavy atom. The monoisotopic (exact) mass is 254 g/mol. The molecule has 2 fully saturated rings. The number of rotatable bonds is 5. The van der Waals surface area contributed by atoms with Gasteiger partial charge in [0.1, 0.15) is 0 Å². The van der Waals surface area contributed by atoms with Crippen molar-refractivity contribution in [2.24, 2.45) is 0 Å². The average Bonchev–Trinajstić information content (AvgIpc) is 3.12. The number of carbonyl (C=O) groups is 1. The first-order valence-electron chi connectivity index (χ1n) is 7.32. The first-order valence-corrected chi connectivity index (χ1v) is 7.32. The van der Waals surface area contributed by atoms with Crippen LogP contribution in [0.2, 0.25) is 0 Å². The third-order valence-corrected chi connectivity index (χ3v) is 4.09. The van der Waals surface area contributed by atoms with E-state index in [1.165, 1.54) is 6.42 Å². The Kier molecular flexibility index (Phi) is 4.62. The van der Waals surface area contributed by atoms with Crippen LogP contribution in [0.15, 0.2) is 0 Å². The zero-order chi connectivity index (χ0) is 13.1. The Bertz CT molecular complexity index is 290. The standard InChI is InChI=1S/C14H26N2O2/c1-10(17)9-13-5-3-4-8-16(13)11(2)14(18)15-12-6-7-12/h10-13,17H,3-9H2,1-2H3,(H,15,18). The maximum absolute atomic E-state index is 12.1. The largest absolute Gasteiger partial charge is 0.393 e. The minimum atomic E-state index is -0.283. The molecule has 1 aliphatic heterocycles. The van der Waals surface area contributed by atoms with E-state index < -0.39 is 0 Å². The van der Waals surface area contributed by atoms with Gasteiger partial charge in [-0.1, -0.05) is 6.42 Å². The van der Waals surface area contributed by atoms with E-state index in [1.54, 1.807) is 0 Å². The molecule has 2 rings (SSSR count). The summed E-state index contributed by atoms with van der Waals surface area (Å²) in [4.78, 5) is 14.4. The third kappa shape index (κ3) is 3.69. The van der Waals surface area contributed by atoms with Crippen molar-refractivity contribution in [3.8, 4) is 0 Å². The lowest BCUT2D eigenvalue weighted by Gasteiger charge is -2.39. The van der Waals surface area contributed by atoms with Crippen LogP contribution in [0.1, 0.15) is 52.4 Å². The van der Waals surface area contributed by atoms with Gasteiger partial charge in [0.2, 0.25) is 5.91 Å². The molecule has 0 bridgehead atoms. The molecule has 1 aliphatic carbocycles. The van der Waals surface area contributed by atoms with Crippen LogP contribution in [-0.4, -0.2) is 46.7 Å². The fourth-order valence-electron chi connectivity index (χ4n) is 2.88. The fourth-order valence-corrected chi connectivity index (χ4v) is 2.88. The van der Waals surface area contributed by atoms with Gasteiger partial charge in [-0.3, -0.25) is 9.69 Å². The summed E-state index contributed by atoms with van der Waals surface area (Å²) in [5.74, 6) is 0.162. The van der Waals surface area contributed by atoms with Crippen molar-refractivity contribution in [2.75, 3.05) is 6.54 Å². The van der Waals surface area contributed by atoms with Crippen LogP contribution in [0.4, 0.5) is 0 Å². The molecule has 1 saturated heterocycles. The van der Waals surface area contributed by atoms with Crippen molar-refractivity contribution in [1.29, 1.82) is 0 Å². The second kappa shape index (κ2) is 6.02. The SMILES string of the molecule is CC(O)CC1CCCCN1C(C)C(=O)NC1CC1. The maximum Gasteiger partial charge on any atom is 0.237 e. The van der Waals surface area contributed by atoms with Crippen molar-refractivity contribution in [3.63, 3.8) is 0 Å². The van der Waals surface area contributed by atoms with Crippen LogP contribution in [-0.2, 0) is 4.79 Å². The summed E-state index contributed by atoms with van der Waals surface area (Å²) in [5, 5.41) is 12.7. The number of nitrogens with zero attached hydrogens (tertiary/aromatic N) is 1. The van der Waals surface area contributed by atoms with E-state index in [9.17, 15) is 9.90 Å². The Morgan fingerprint density at radius 3 is 2.67 bits per heavy atom. The highest BCUT2D eigenvalue weighted by Gasteiger charge is 2.33. The van der Waals surface area contributed by atoms with Gasteiger partial charge >= 0.3 is 0 Å². The van der Waals surface area contributed by atoms with Crippen LogP contribution in [0.3, 0.4) is 0 Å². The summed E-state index contributed by atoms with van der Waals surface area (Å²) in [6.07, 6.45) is 6.25. The van der Waals surface area contributed by atoms with Crippen molar-refractivity contribution < 1.29 is 9.90 Å². The Labute approximate surface area is 110 Å². The predicted octanol–water partition coefficient (Wildman–Crippen LogP) is 1.28. The fraction of sp³-hybridized carbons (Fsp3) is 0.929. The van der Waals surface area contributed by atoms with E-state index in [2.05, 4.69) is 10.2 Å². The topological polar surface area (TPSA) is 52.6 Å². The van der Waals surface area contributed by atoms with Crippen molar-refractivity contribution in [2.45, 2.75) is 76.6 Å². The molecular formula is C14H26N2O2. The summed E-state index contributed by atoms with van der Waals surface area (Å²) in [5.41, 5.74) is 0. The van der Waals surface area contributed by atoms with Gasteiger partial charge in [-0.25, -0.2) is 0 Å². The summed E-state index contributed by atoms with van der Waals surface area (Å²) in [6, 6.07) is 0.730. The van der Waals surface area contributed by atoms with Crippen LogP contribution >= 0.6 is 0 Å². The molecule has 1 saturated carbocycles. The molecule has 0 radical (unpaired) electrons. The van der Waals surface area contributed by atoms with Crippen molar-refractivity contribution in [1.82, 2.24) is 10.2 Å². The molecule has 0 aromatic rings. The van der Waals surface area contributed by atoms with E-state index in [-0.39, 0.29) is 18.1 Å². The highest BCUT2D eigenvalue weighted by Crippen LogP contribution is 2.24. The second-order valence-corrected chi connectivity index (χ2v) is 5.93. The molecule has 3 atom stereocenters. The zero-order valence-electron chi connectivity index (χ0n) is 11.6. The Balaban J connectivity index is 1.91. The number of aliphatic hydroxyl groups excluding tert-OH is 1. The Morgan fingerprint density at radius 2 is 2.06 bits per heavy atom. The molecule has 0 spiro atoms. The zero-order valence-corrected chi connectivity index (χ0v) is 11.6. The van der Waals surface area contributed by atoms with E-state index in [0.29, 0.717) is 12.1 Å². The van der Waals surface area contributed by atoms with Gasteiger partial charge in [0.25, 0.3) is 0 Å². The molecule has 1 heterocycles. The highest BCUT2D eigenvalue weighted by molar-refractivity contribution is 5.81. The van der Waals surface area contributed by atoms with Gasteiger partial charge < -0.3 is 10.4 Å². The summed E-state index contributed by atoms with van der Waals surface area (Å²) in [6.45, 7) is 4.82. The molecule has 4 heteroatoms. The molecule has 4 nitrogen and oxygen atoms in total. The molecule has 1 amide bonds. The van der Waals surface area contributed by atoms with E-state index in [0.717, 1.165) is 38.6 Å². The predicted molar refractivity (Wildman–Crippen MR) is 71.3 cm³/mol. The molecule has 0 aromatic heterocycles. The minimum Gasteiger partial charge on any atom is -0.393 e. The van der Waals surface area contributed by atoms with Gasteiger partial charge in [0.05, 0.1) is 12.1 Å². The molecule has 2 N–H and O–H groups in total. The minimum absolute atomic E-state index is 0.0605. The summed E-state index contributed by atoms with van der Waals surface area (Å²) in [7, 11) is 0. The second-order valence-electron chi connectivity index (χ2n) is 5.93. The third-order valence-electron chi connectivity index (χ3n) is 4.09. The normalized spacial score (nSPS) is 28.7. The lowest BCUT2D eigenvalue weighted by atomic mass is 9.95. The lowest BCUT2D eigenvalue weighted by molar-refractivity contribution is -0.127. The van der Waals surface area contributed by atoms with Gasteiger partial charge in [-0.2, -0.15) is 0 Å². The molecule has 104 valence electrons. The van der Waals surface area contributed by atoms with Crippen LogP contribution < -0.4 is 5.32 Å². The van der Waals surface area contributed by atoms with Crippen LogP contribution in [0.25, 0.3) is 0 Å². The van der Waals surface area contributed by atoms with Crippen molar-refractivity contribution in [3.05, 3.63) is 0 Å². The quantitative estimate of drug-likeness (QED) is 0.777. The molecule has 2 aliphatic rings. The number of hydrogen-bond acceptors (Lipinski definition) is 3. The van der Waals surface area contributed by atoms with Gasteiger partial charge in [-0.05, 0) is 52.5 Å². The maximum atomic E-state index is 12.1. The number of amides is 1. The van der Waals surface area contributed by atoms with E-state index in [1.807, 2.05) is 13.8 Å². The van der Waals surface area contributed by atoms with Crippen molar-refractivity contribution >= 4 is 5.91 Å². The van der Waals surface area contributed by atoms with E-state index in [4.69, 9.17) is 0 Å². The summed E-state index contributed by atoms with van der Waals surface area (Å²) < 4.78 is 0. The number of nitrogens with one attached hydrogen (secondary N) is 1. The number of aliphatic hydroxyl groups is 1.